The van der Waals surface area contributed by atoms with Crippen molar-refractivity contribution < 1.29 is 23.8 Å². The van der Waals surface area contributed by atoms with Crippen LogP contribution in [0.3, 0.4) is 0 Å². The fourth-order valence-electron chi connectivity index (χ4n) is 2.15. The van der Waals surface area contributed by atoms with Gasteiger partial charge in [0.05, 0.1) is 37.9 Å². The monoisotopic (exact) mass is 411 g/mol. The molecule has 10 heteroatoms. The number of benzene rings is 1. The van der Waals surface area contributed by atoms with Crippen LogP contribution in [-0.4, -0.2) is 54.4 Å². The zero-order valence-corrected chi connectivity index (χ0v) is 17.1. The van der Waals surface area contributed by atoms with E-state index in [4.69, 9.17) is 9.47 Å². The lowest BCUT2D eigenvalue weighted by Gasteiger charge is -2.12. The molecule has 0 aliphatic heterocycles. The Hall–Kier alpha value is -2.33. The average Bonchev–Trinajstić information content (AvgIpc) is 3.15. The third kappa shape index (κ3) is 5.57. The number of rotatable bonds is 9. The molecule has 2 rings (SSSR count). The number of ether oxygens (including phenoxy) is 3. The van der Waals surface area contributed by atoms with Crippen molar-refractivity contribution in [3.05, 3.63) is 18.2 Å². The second-order valence-electron chi connectivity index (χ2n) is 5.25. The van der Waals surface area contributed by atoms with Crippen LogP contribution in [0.1, 0.15) is 13.3 Å². The minimum Gasteiger partial charge on any atom is -0.497 e. The van der Waals surface area contributed by atoms with Crippen LogP contribution in [0.2, 0.25) is 0 Å². The molecule has 0 unspecified atom stereocenters. The van der Waals surface area contributed by atoms with E-state index < -0.39 is 0 Å². The molecule has 27 heavy (non-hydrogen) atoms. The van der Waals surface area contributed by atoms with E-state index in [1.807, 2.05) is 13.0 Å². The highest BCUT2D eigenvalue weighted by Crippen LogP contribution is 2.36. The van der Waals surface area contributed by atoms with Crippen molar-refractivity contribution in [1.82, 2.24) is 10.2 Å². The van der Waals surface area contributed by atoms with Crippen LogP contribution >= 0.6 is 23.1 Å². The van der Waals surface area contributed by atoms with E-state index in [9.17, 15) is 9.59 Å². The Kier molecular flexibility index (Phi) is 7.86. The molecule has 0 bridgehead atoms. The van der Waals surface area contributed by atoms with Gasteiger partial charge in [-0.25, -0.2) is 0 Å². The summed E-state index contributed by atoms with van der Waals surface area (Å²) >= 11 is 2.47. The van der Waals surface area contributed by atoms with E-state index in [1.165, 1.54) is 30.2 Å². The molecule has 0 saturated carbocycles. The van der Waals surface area contributed by atoms with Crippen molar-refractivity contribution in [2.75, 3.05) is 32.4 Å². The summed E-state index contributed by atoms with van der Waals surface area (Å²) in [6, 6.07) is 5.38. The quantitative estimate of drug-likeness (QED) is 0.629. The van der Waals surface area contributed by atoms with Crippen molar-refractivity contribution in [3.8, 4) is 22.1 Å². The van der Waals surface area contributed by atoms with Crippen LogP contribution in [0.4, 0.5) is 5.13 Å². The molecule has 1 heterocycles. The maximum atomic E-state index is 12.4. The zero-order valence-electron chi connectivity index (χ0n) is 15.5. The summed E-state index contributed by atoms with van der Waals surface area (Å²) < 4.78 is 15.2. The number of nitrogens with zero attached hydrogens (tertiary/aromatic N) is 2. The van der Waals surface area contributed by atoms with Gasteiger partial charge in [-0.2, -0.15) is 0 Å². The Labute approximate surface area is 165 Å². The molecule has 0 aliphatic rings. The topological polar surface area (TPSA) is 99.6 Å². The number of thioether (sulfide) groups is 1. The minimum atomic E-state index is -0.382. The third-order valence-corrected chi connectivity index (χ3v) is 5.81. The van der Waals surface area contributed by atoms with Gasteiger partial charge in [-0.05, 0) is 18.6 Å². The van der Waals surface area contributed by atoms with Gasteiger partial charge in [0.25, 0.3) is 0 Å². The highest BCUT2D eigenvalue weighted by atomic mass is 32.2. The molecule has 146 valence electrons. The molecular formula is C17H21N3O5S2. The van der Waals surface area contributed by atoms with E-state index in [2.05, 4.69) is 20.3 Å². The lowest BCUT2D eigenvalue weighted by atomic mass is 10.2. The normalized spacial score (nSPS) is 11.6. The van der Waals surface area contributed by atoms with Crippen LogP contribution in [0.15, 0.2) is 18.2 Å². The van der Waals surface area contributed by atoms with Gasteiger partial charge in [-0.3, -0.25) is 14.9 Å². The maximum Gasteiger partial charge on any atom is 0.315 e. The first-order valence-corrected chi connectivity index (χ1v) is 9.94. The second kappa shape index (κ2) is 10.1. The molecule has 1 amide bonds. The Balaban J connectivity index is 2.09. The van der Waals surface area contributed by atoms with Gasteiger partial charge in [0.2, 0.25) is 11.0 Å². The summed E-state index contributed by atoms with van der Waals surface area (Å²) in [4.78, 5) is 23.7. The zero-order chi connectivity index (χ0) is 19.8. The number of esters is 1. The number of anilines is 1. The average molecular weight is 412 g/mol. The molecule has 1 N–H and O–H groups in total. The van der Waals surface area contributed by atoms with E-state index in [0.717, 1.165) is 5.56 Å². The van der Waals surface area contributed by atoms with Crippen molar-refractivity contribution >= 4 is 40.1 Å². The molecule has 1 aromatic heterocycles. The number of amides is 1. The molecule has 8 nitrogen and oxygen atoms in total. The highest BCUT2D eigenvalue weighted by Gasteiger charge is 2.21. The minimum absolute atomic E-state index is 0.118. The van der Waals surface area contributed by atoms with E-state index in [1.54, 1.807) is 26.4 Å². The Morgan fingerprint density at radius 1 is 1.22 bits per heavy atom. The van der Waals surface area contributed by atoms with E-state index >= 15 is 0 Å². The summed E-state index contributed by atoms with van der Waals surface area (Å²) in [5.41, 5.74) is 0.753. The first-order chi connectivity index (χ1) is 13.0. The summed E-state index contributed by atoms with van der Waals surface area (Å²) in [5.74, 6) is 0.796. The van der Waals surface area contributed by atoms with Gasteiger partial charge in [0.1, 0.15) is 11.5 Å². The SMILES string of the molecule is CC[C@@H](SCC(=O)OC)C(=O)Nc1nnc(-c2ccc(OC)cc2OC)s1. The van der Waals surface area contributed by atoms with Crippen molar-refractivity contribution in [3.63, 3.8) is 0 Å². The second-order valence-corrected chi connectivity index (χ2v) is 7.42. The number of carbonyl (C=O) groups excluding carboxylic acids is 2. The standard InChI is InChI=1S/C17H21N3O5S2/c1-5-13(26-9-14(21)25-4)15(22)18-17-20-19-16(27-17)11-7-6-10(23-2)8-12(11)24-3/h6-8,13H,5,9H2,1-4H3,(H,18,20,22)/t13-/m1/s1. The van der Waals surface area contributed by atoms with E-state index in [0.29, 0.717) is 28.1 Å². The molecule has 1 atom stereocenters. The van der Waals surface area contributed by atoms with Crippen LogP contribution in [0, 0.1) is 0 Å². The van der Waals surface area contributed by atoms with Crippen molar-refractivity contribution in [1.29, 1.82) is 0 Å². The predicted molar refractivity (Wildman–Crippen MR) is 106 cm³/mol. The third-order valence-electron chi connectivity index (χ3n) is 3.59. The number of hydrogen-bond donors (Lipinski definition) is 1. The molecule has 0 saturated heterocycles. The van der Waals surface area contributed by atoms with Crippen molar-refractivity contribution in [2.24, 2.45) is 0 Å². The van der Waals surface area contributed by atoms with Gasteiger partial charge >= 0.3 is 5.97 Å². The number of carbonyl (C=O) groups is 2. The van der Waals surface area contributed by atoms with E-state index in [-0.39, 0.29) is 22.9 Å². The largest absolute Gasteiger partial charge is 0.497 e. The van der Waals surface area contributed by atoms with Gasteiger partial charge in [-0.15, -0.1) is 22.0 Å². The lowest BCUT2D eigenvalue weighted by Crippen LogP contribution is -2.25. The van der Waals surface area contributed by atoms with Crippen LogP contribution in [-0.2, 0) is 14.3 Å². The van der Waals surface area contributed by atoms with Crippen LogP contribution in [0.25, 0.3) is 10.6 Å². The number of hydrogen-bond acceptors (Lipinski definition) is 9. The van der Waals surface area contributed by atoms with Crippen molar-refractivity contribution in [2.45, 2.75) is 18.6 Å². The molecule has 0 spiro atoms. The highest BCUT2D eigenvalue weighted by molar-refractivity contribution is 8.01. The molecule has 0 fully saturated rings. The summed E-state index contributed by atoms with van der Waals surface area (Å²) in [6.45, 7) is 1.88. The summed E-state index contributed by atoms with van der Waals surface area (Å²) in [5, 5.41) is 11.5. The first-order valence-electron chi connectivity index (χ1n) is 8.07. The van der Waals surface area contributed by atoms with Gasteiger partial charge in [-0.1, -0.05) is 18.3 Å². The van der Waals surface area contributed by atoms with Gasteiger partial charge < -0.3 is 14.2 Å². The number of nitrogens with one attached hydrogen (secondary N) is 1. The Morgan fingerprint density at radius 3 is 2.63 bits per heavy atom. The lowest BCUT2D eigenvalue weighted by molar-refractivity contribution is -0.137. The predicted octanol–water partition coefficient (Wildman–Crippen LogP) is 2.85. The number of aromatic nitrogens is 2. The van der Waals surface area contributed by atoms with Gasteiger partial charge in [0.15, 0.2) is 5.01 Å². The Bertz CT molecular complexity index is 797. The Morgan fingerprint density at radius 2 is 2.00 bits per heavy atom. The molecular weight excluding hydrogens is 390 g/mol. The summed E-state index contributed by atoms with van der Waals surface area (Å²) in [6.07, 6.45) is 0.575. The van der Waals surface area contributed by atoms with Gasteiger partial charge in [0, 0.05) is 6.07 Å². The maximum absolute atomic E-state index is 12.4. The van der Waals surface area contributed by atoms with Crippen LogP contribution in [0.5, 0.6) is 11.5 Å². The first kappa shape index (κ1) is 21.0. The molecule has 2 aromatic rings. The fourth-order valence-corrected chi connectivity index (χ4v) is 3.83. The van der Waals surface area contributed by atoms with Crippen LogP contribution < -0.4 is 14.8 Å². The number of methoxy groups -OCH3 is 3. The summed E-state index contributed by atoms with van der Waals surface area (Å²) in [7, 11) is 4.46. The molecule has 0 aliphatic carbocycles. The molecule has 0 radical (unpaired) electrons. The fraction of sp³-hybridized carbons (Fsp3) is 0.412. The smallest absolute Gasteiger partial charge is 0.315 e. The molecule has 1 aromatic carbocycles.